The number of benzene rings is 1. The fourth-order valence-electron chi connectivity index (χ4n) is 2.62. The van der Waals surface area contributed by atoms with Gasteiger partial charge in [-0.2, -0.15) is 0 Å². The van der Waals surface area contributed by atoms with E-state index >= 15 is 0 Å². The summed E-state index contributed by atoms with van der Waals surface area (Å²) in [7, 11) is 3.95. The number of halogens is 1. The van der Waals surface area contributed by atoms with Gasteiger partial charge in [0.1, 0.15) is 0 Å². The van der Waals surface area contributed by atoms with E-state index in [0.29, 0.717) is 13.0 Å². The molecule has 4 nitrogen and oxygen atoms in total. The zero-order valence-electron chi connectivity index (χ0n) is 12.4. The van der Waals surface area contributed by atoms with Gasteiger partial charge in [0, 0.05) is 29.7 Å². The highest BCUT2D eigenvalue weighted by Crippen LogP contribution is 2.21. The molecule has 0 aliphatic carbocycles. The largest absolute Gasteiger partial charge is 0.391 e. The van der Waals surface area contributed by atoms with Gasteiger partial charge in [-0.15, -0.1) is 0 Å². The number of aliphatic hydroxyl groups excluding tert-OH is 1. The first kappa shape index (κ1) is 16.2. The van der Waals surface area contributed by atoms with E-state index in [1.54, 1.807) is 11.0 Å². The van der Waals surface area contributed by atoms with E-state index in [1.165, 1.54) is 0 Å². The molecule has 1 saturated heterocycles. The number of β-amino-alcohol motifs (C(OH)–C–C–N with tert-alkyl or cyclic N) is 1. The number of carbonyl (C=O) groups excluding carboxylic acids is 1. The van der Waals surface area contributed by atoms with Crippen LogP contribution in [0.1, 0.15) is 12.0 Å². The van der Waals surface area contributed by atoms with Crippen LogP contribution in [0, 0.1) is 0 Å². The van der Waals surface area contributed by atoms with Crippen molar-refractivity contribution in [3.8, 4) is 0 Å². The van der Waals surface area contributed by atoms with Gasteiger partial charge in [0.15, 0.2) is 0 Å². The summed E-state index contributed by atoms with van der Waals surface area (Å²) in [6.07, 6.45) is 3.62. The van der Waals surface area contributed by atoms with Crippen molar-refractivity contribution in [3.05, 3.63) is 40.4 Å². The van der Waals surface area contributed by atoms with Crippen LogP contribution >= 0.6 is 15.9 Å². The molecule has 0 radical (unpaired) electrons. The standard InChI is InChI=1S/C16H21BrN2O2/c1-18(2)10-13-9-14(20)11-19(13)16(21)8-7-12-5-3-4-6-15(12)17/h3-8,13-14,20H,9-11H2,1-2H3. The van der Waals surface area contributed by atoms with Crippen LogP contribution in [0.3, 0.4) is 0 Å². The first-order chi connectivity index (χ1) is 9.97. The van der Waals surface area contributed by atoms with Gasteiger partial charge in [0.05, 0.1) is 6.10 Å². The molecule has 21 heavy (non-hydrogen) atoms. The number of aliphatic hydroxyl groups is 1. The predicted octanol–water partition coefficient (Wildman–Crippen LogP) is 1.99. The average Bonchev–Trinajstić information content (AvgIpc) is 2.77. The smallest absolute Gasteiger partial charge is 0.246 e. The van der Waals surface area contributed by atoms with E-state index in [0.717, 1.165) is 16.6 Å². The molecular formula is C16H21BrN2O2. The number of rotatable bonds is 4. The normalized spacial score (nSPS) is 22.4. The van der Waals surface area contributed by atoms with Gasteiger partial charge in [0.2, 0.25) is 5.91 Å². The molecule has 1 aromatic rings. The minimum absolute atomic E-state index is 0.0471. The van der Waals surface area contributed by atoms with Gasteiger partial charge in [0.25, 0.3) is 0 Å². The van der Waals surface area contributed by atoms with Crippen molar-refractivity contribution in [1.29, 1.82) is 0 Å². The molecule has 114 valence electrons. The van der Waals surface area contributed by atoms with E-state index in [2.05, 4.69) is 15.9 Å². The predicted molar refractivity (Wildman–Crippen MR) is 87.9 cm³/mol. The Labute approximate surface area is 134 Å². The highest BCUT2D eigenvalue weighted by atomic mass is 79.9. The lowest BCUT2D eigenvalue weighted by molar-refractivity contribution is -0.127. The van der Waals surface area contributed by atoms with Crippen LogP contribution in [0.2, 0.25) is 0 Å². The summed E-state index contributed by atoms with van der Waals surface area (Å²) in [4.78, 5) is 16.2. The van der Waals surface area contributed by atoms with Crippen LogP contribution in [0.5, 0.6) is 0 Å². The number of hydrogen-bond donors (Lipinski definition) is 1. The Hall–Kier alpha value is -1.17. The maximum atomic E-state index is 12.4. The molecule has 2 unspecified atom stereocenters. The number of likely N-dealkylation sites (N-methyl/N-ethyl adjacent to an activating group) is 1. The zero-order valence-corrected chi connectivity index (χ0v) is 14.0. The van der Waals surface area contributed by atoms with Crippen LogP contribution in [0.4, 0.5) is 0 Å². The van der Waals surface area contributed by atoms with Crippen LogP contribution in [0.25, 0.3) is 6.08 Å². The highest BCUT2D eigenvalue weighted by Gasteiger charge is 2.33. The number of nitrogens with zero attached hydrogens (tertiary/aromatic N) is 2. The van der Waals surface area contributed by atoms with Crippen molar-refractivity contribution in [3.63, 3.8) is 0 Å². The van der Waals surface area contributed by atoms with Gasteiger partial charge >= 0.3 is 0 Å². The summed E-state index contributed by atoms with van der Waals surface area (Å²) in [5.74, 6) is -0.0471. The Bertz CT molecular complexity index is 531. The molecule has 1 aromatic carbocycles. The topological polar surface area (TPSA) is 43.8 Å². The van der Waals surface area contributed by atoms with Crippen LogP contribution in [-0.4, -0.2) is 60.1 Å². The average molecular weight is 353 g/mol. The Morgan fingerprint density at radius 1 is 1.48 bits per heavy atom. The molecule has 5 heteroatoms. The third-order valence-corrected chi connectivity index (χ3v) is 4.28. The lowest BCUT2D eigenvalue weighted by Crippen LogP contribution is -2.40. The molecule has 0 spiro atoms. The summed E-state index contributed by atoms with van der Waals surface area (Å²) >= 11 is 3.46. The number of carbonyl (C=O) groups is 1. The monoisotopic (exact) mass is 352 g/mol. The summed E-state index contributed by atoms with van der Waals surface area (Å²) in [5.41, 5.74) is 0.967. The molecule has 0 saturated carbocycles. The second-order valence-electron chi connectivity index (χ2n) is 5.65. The number of likely N-dealkylation sites (tertiary alicyclic amines) is 1. The van der Waals surface area contributed by atoms with E-state index in [-0.39, 0.29) is 11.9 Å². The van der Waals surface area contributed by atoms with Crippen molar-refractivity contribution >= 4 is 27.9 Å². The SMILES string of the molecule is CN(C)CC1CC(O)CN1C(=O)C=Cc1ccccc1Br. The Morgan fingerprint density at radius 2 is 2.19 bits per heavy atom. The fraction of sp³-hybridized carbons (Fsp3) is 0.438. The molecule has 1 aliphatic rings. The molecule has 1 N–H and O–H groups in total. The van der Waals surface area contributed by atoms with E-state index in [1.807, 2.05) is 49.3 Å². The second-order valence-corrected chi connectivity index (χ2v) is 6.51. The van der Waals surface area contributed by atoms with Gasteiger partial charge in [-0.05, 0) is 38.2 Å². The zero-order chi connectivity index (χ0) is 15.4. The van der Waals surface area contributed by atoms with Gasteiger partial charge < -0.3 is 14.9 Å². The first-order valence-corrected chi connectivity index (χ1v) is 7.82. The van der Waals surface area contributed by atoms with Gasteiger partial charge in [-0.3, -0.25) is 4.79 Å². The maximum absolute atomic E-state index is 12.4. The van der Waals surface area contributed by atoms with Gasteiger partial charge in [-0.1, -0.05) is 34.1 Å². The fourth-order valence-corrected chi connectivity index (χ4v) is 3.04. The molecular weight excluding hydrogens is 332 g/mol. The summed E-state index contributed by atoms with van der Waals surface area (Å²) < 4.78 is 0.959. The third-order valence-electron chi connectivity index (χ3n) is 3.56. The van der Waals surface area contributed by atoms with Crippen LogP contribution in [-0.2, 0) is 4.79 Å². The maximum Gasteiger partial charge on any atom is 0.246 e. The first-order valence-electron chi connectivity index (χ1n) is 7.03. The quantitative estimate of drug-likeness (QED) is 0.842. The highest BCUT2D eigenvalue weighted by molar-refractivity contribution is 9.10. The number of hydrogen-bond acceptors (Lipinski definition) is 3. The summed E-state index contributed by atoms with van der Waals surface area (Å²) in [6, 6.07) is 7.84. The van der Waals surface area contributed by atoms with Crippen molar-refractivity contribution in [1.82, 2.24) is 9.80 Å². The van der Waals surface area contributed by atoms with Crippen molar-refractivity contribution in [2.45, 2.75) is 18.6 Å². The van der Waals surface area contributed by atoms with Gasteiger partial charge in [-0.25, -0.2) is 0 Å². The Balaban J connectivity index is 2.06. The van der Waals surface area contributed by atoms with Crippen molar-refractivity contribution in [2.24, 2.45) is 0 Å². The summed E-state index contributed by atoms with van der Waals surface area (Å²) in [5, 5.41) is 9.82. The molecule has 2 rings (SSSR count). The lowest BCUT2D eigenvalue weighted by atomic mass is 10.2. The van der Waals surface area contributed by atoms with Crippen molar-refractivity contribution < 1.29 is 9.90 Å². The second kappa shape index (κ2) is 7.20. The minimum atomic E-state index is -0.421. The van der Waals surface area contributed by atoms with Crippen LogP contribution in [0.15, 0.2) is 34.8 Å². The third kappa shape index (κ3) is 4.40. The molecule has 1 heterocycles. The van der Waals surface area contributed by atoms with Crippen LogP contribution < -0.4 is 0 Å². The number of amides is 1. The molecule has 1 amide bonds. The molecule has 2 atom stereocenters. The van der Waals surface area contributed by atoms with E-state index in [4.69, 9.17) is 0 Å². The molecule has 0 bridgehead atoms. The molecule has 1 aliphatic heterocycles. The molecule has 0 aromatic heterocycles. The molecule has 1 fully saturated rings. The Morgan fingerprint density at radius 3 is 2.86 bits per heavy atom. The Kier molecular flexibility index (Phi) is 5.56. The minimum Gasteiger partial charge on any atom is -0.391 e. The van der Waals surface area contributed by atoms with E-state index < -0.39 is 6.10 Å². The van der Waals surface area contributed by atoms with Crippen molar-refractivity contribution in [2.75, 3.05) is 27.2 Å². The van der Waals surface area contributed by atoms with E-state index in [9.17, 15) is 9.90 Å². The summed E-state index contributed by atoms with van der Waals surface area (Å²) in [6.45, 7) is 1.18. The lowest BCUT2D eigenvalue weighted by Gasteiger charge is -2.25.